The summed E-state index contributed by atoms with van der Waals surface area (Å²) in [5.74, 6) is -0.659. The van der Waals surface area contributed by atoms with Gasteiger partial charge in [0.1, 0.15) is 17.6 Å². The largest absolute Gasteiger partial charge is 0.497 e. The smallest absolute Gasteiger partial charge is 0.244 e. The van der Waals surface area contributed by atoms with Crippen LogP contribution in [0.15, 0.2) is 41.3 Å². The molecule has 1 heterocycles. The van der Waals surface area contributed by atoms with Gasteiger partial charge in [-0.25, -0.2) is 12.8 Å². The van der Waals surface area contributed by atoms with Crippen molar-refractivity contribution in [1.29, 1.82) is 0 Å². The van der Waals surface area contributed by atoms with Crippen LogP contribution >= 0.6 is 11.6 Å². The molecule has 1 amide bonds. The number of rotatable bonds is 5. The Morgan fingerprint density at radius 3 is 2.71 bits per heavy atom. The molecule has 9 heteroatoms. The number of anilines is 1. The van der Waals surface area contributed by atoms with E-state index in [9.17, 15) is 17.6 Å². The van der Waals surface area contributed by atoms with E-state index in [1.54, 1.807) is 19.1 Å². The number of halogens is 2. The molecule has 1 atom stereocenters. The van der Waals surface area contributed by atoms with Gasteiger partial charge >= 0.3 is 0 Å². The van der Waals surface area contributed by atoms with Crippen molar-refractivity contribution in [2.75, 3.05) is 19.0 Å². The third-order valence-electron chi connectivity index (χ3n) is 4.68. The molecule has 0 bridgehead atoms. The highest BCUT2D eigenvalue weighted by Crippen LogP contribution is 2.31. The van der Waals surface area contributed by atoms with Crippen LogP contribution in [0.3, 0.4) is 0 Å². The molecular formula is C19H20ClFN2O4S. The fourth-order valence-electron chi connectivity index (χ4n) is 3.20. The van der Waals surface area contributed by atoms with Crippen LogP contribution in [0.1, 0.15) is 18.4 Å². The number of methoxy groups -OCH3 is 1. The first-order valence-electron chi connectivity index (χ1n) is 8.66. The normalized spacial score (nSPS) is 17.5. The van der Waals surface area contributed by atoms with E-state index in [-0.39, 0.29) is 16.5 Å². The van der Waals surface area contributed by atoms with Crippen molar-refractivity contribution in [1.82, 2.24) is 4.31 Å². The summed E-state index contributed by atoms with van der Waals surface area (Å²) in [5.41, 5.74) is 0.871. The first-order chi connectivity index (χ1) is 13.2. The van der Waals surface area contributed by atoms with Crippen molar-refractivity contribution in [2.45, 2.75) is 30.7 Å². The Labute approximate surface area is 168 Å². The Morgan fingerprint density at radius 1 is 1.29 bits per heavy atom. The number of benzene rings is 2. The van der Waals surface area contributed by atoms with Crippen LogP contribution in [0.2, 0.25) is 5.02 Å². The molecule has 1 aliphatic heterocycles. The van der Waals surface area contributed by atoms with Crippen LogP contribution in [-0.2, 0) is 14.8 Å². The lowest BCUT2D eigenvalue weighted by atomic mass is 10.2. The number of amides is 1. The number of nitrogens with zero attached hydrogens (tertiary/aromatic N) is 1. The summed E-state index contributed by atoms with van der Waals surface area (Å²) < 4.78 is 46.1. The third kappa shape index (κ3) is 3.99. The fraction of sp³-hybridized carbons (Fsp3) is 0.316. The molecule has 0 radical (unpaired) electrons. The highest BCUT2D eigenvalue weighted by atomic mass is 35.5. The van der Waals surface area contributed by atoms with Gasteiger partial charge in [-0.3, -0.25) is 4.79 Å². The number of hydrogen-bond acceptors (Lipinski definition) is 4. The van der Waals surface area contributed by atoms with Crippen LogP contribution in [0.5, 0.6) is 5.75 Å². The van der Waals surface area contributed by atoms with Gasteiger partial charge in [-0.2, -0.15) is 4.31 Å². The molecule has 0 aromatic heterocycles. The predicted octanol–water partition coefficient (Wildman–Crippen LogP) is 3.59. The van der Waals surface area contributed by atoms with Gasteiger partial charge in [0, 0.05) is 18.3 Å². The van der Waals surface area contributed by atoms with E-state index in [1.165, 1.54) is 29.6 Å². The van der Waals surface area contributed by atoms with Crippen LogP contribution in [-0.4, -0.2) is 38.3 Å². The maximum absolute atomic E-state index is 13.3. The van der Waals surface area contributed by atoms with Gasteiger partial charge in [-0.15, -0.1) is 0 Å². The van der Waals surface area contributed by atoms with E-state index in [0.29, 0.717) is 29.8 Å². The molecule has 2 aromatic carbocycles. The summed E-state index contributed by atoms with van der Waals surface area (Å²) in [6, 6.07) is 7.74. The number of aryl methyl sites for hydroxylation is 1. The van der Waals surface area contributed by atoms with Gasteiger partial charge < -0.3 is 10.1 Å². The second-order valence-corrected chi connectivity index (χ2v) is 8.79. The fourth-order valence-corrected chi connectivity index (χ4v) is 5.28. The van der Waals surface area contributed by atoms with E-state index < -0.39 is 27.8 Å². The molecule has 0 spiro atoms. The second kappa shape index (κ2) is 8.06. The van der Waals surface area contributed by atoms with Crippen molar-refractivity contribution < 1.29 is 22.3 Å². The van der Waals surface area contributed by atoms with E-state index in [0.717, 1.165) is 6.07 Å². The monoisotopic (exact) mass is 426 g/mol. The Hall–Kier alpha value is -2.16. The predicted molar refractivity (Wildman–Crippen MR) is 105 cm³/mol. The molecule has 0 unspecified atom stereocenters. The van der Waals surface area contributed by atoms with Crippen molar-refractivity contribution in [3.05, 3.63) is 52.8 Å². The molecule has 3 rings (SSSR count). The summed E-state index contributed by atoms with van der Waals surface area (Å²) in [6.07, 6.45) is 0.952. The van der Waals surface area contributed by atoms with E-state index in [2.05, 4.69) is 5.32 Å². The lowest BCUT2D eigenvalue weighted by Gasteiger charge is -2.24. The second-order valence-electron chi connectivity index (χ2n) is 6.52. The van der Waals surface area contributed by atoms with Crippen LogP contribution in [0.25, 0.3) is 0 Å². The van der Waals surface area contributed by atoms with E-state index >= 15 is 0 Å². The molecule has 0 saturated carbocycles. The van der Waals surface area contributed by atoms with Crippen LogP contribution in [0, 0.1) is 12.7 Å². The maximum atomic E-state index is 13.3. The van der Waals surface area contributed by atoms with Gasteiger partial charge in [0.05, 0.1) is 17.0 Å². The summed E-state index contributed by atoms with van der Waals surface area (Å²) in [7, 11) is -2.44. The van der Waals surface area contributed by atoms with Crippen molar-refractivity contribution in [3.8, 4) is 5.75 Å². The zero-order chi connectivity index (χ0) is 20.5. The number of sulfonamides is 1. The standard InChI is InChI=1S/C19H20ClFN2O4S/c1-12-5-7-14(27-2)11-18(12)28(25,26)23-9-3-4-17(23)19(24)22-13-6-8-16(21)15(20)10-13/h5-8,10-11,17H,3-4,9H2,1-2H3,(H,22,24)/t17-/m0/s1. The average molecular weight is 427 g/mol. The van der Waals surface area contributed by atoms with E-state index in [1.807, 2.05) is 0 Å². The minimum Gasteiger partial charge on any atom is -0.497 e. The highest BCUT2D eigenvalue weighted by Gasteiger charge is 2.40. The summed E-state index contributed by atoms with van der Waals surface area (Å²) >= 11 is 5.74. The molecule has 1 aliphatic rings. The summed E-state index contributed by atoms with van der Waals surface area (Å²) in [4.78, 5) is 12.8. The van der Waals surface area contributed by atoms with Crippen molar-refractivity contribution >= 4 is 33.2 Å². The number of hydrogen-bond donors (Lipinski definition) is 1. The van der Waals surface area contributed by atoms with Gasteiger partial charge in [0.15, 0.2) is 0 Å². The molecule has 1 fully saturated rings. The van der Waals surface area contributed by atoms with Crippen LogP contribution in [0.4, 0.5) is 10.1 Å². The number of carbonyl (C=O) groups is 1. The number of ether oxygens (including phenoxy) is 1. The van der Waals surface area contributed by atoms with Crippen LogP contribution < -0.4 is 10.1 Å². The molecule has 2 aromatic rings. The van der Waals surface area contributed by atoms with E-state index in [4.69, 9.17) is 16.3 Å². The SMILES string of the molecule is COc1ccc(C)c(S(=O)(=O)N2CCC[C@H]2C(=O)Nc2ccc(F)c(Cl)c2)c1. The average Bonchev–Trinajstić information content (AvgIpc) is 3.16. The molecule has 150 valence electrons. The molecular weight excluding hydrogens is 407 g/mol. The van der Waals surface area contributed by atoms with Gasteiger partial charge in [-0.1, -0.05) is 17.7 Å². The minimum absolute atomic E-state index is 0.108. The Balaban J connectivity index is 1.87. The third-order valence-corrected chi connectivity index (χ3v) is 7.02. The highest BCUT2D eigenvalue weighted by molar-refractivity contribution is 7.89. The maximum Gasteiger partial charge on any atom is 0.244 e. The number of carbonyl (C=O) groups excluding carboxylic acids is 1. The Kier molecular flexibility index (Phi) is 5.92. The van der Waals surface area contributed by atoms with Crippen molar-refractivity contribution in [3.63, 3.8) is 0 Å². The molecule has 1 N–H and O–H groups in total. The zero-order valence-corrected chi connectivity index (χ0v) is 17.0. The van der Waals surface area contributed by atoms with Crippen molar-refractivity contribution in [2.24, 2.45) is 0 Å². The first-order valence-corrected chi connectivity index (χ1v) is 10.5. The molecule has 1 saturated heterocycles. The zero-order valence-electron chi connectivity index (χ0n) is 15.4. The van der Waals surface area contributed by atoms with Gasteiger partial charge in [0.2, 0.25) is 15.9 Å². The lowest BCUT2D eigenvalue weighted by molar-refractivity contribution is -0.119. The molecule has 6 nitrogen and oxygen atoms in total. The Morgan fingerprint density at radius 2 is 2.04 bits per heavy atom. The molecule has 28 heavy (non-hydrogen) atoms. The molecule has 0 aliphatic carbocycles. The topological polar surface area (TPSA) is 75.7 Å². The summed E-state index contributed by atoms with van der Waals surface area (Å²) in [5, 5.41) is 2.50. The Bertz CT molecular complexity index is 1010. The first kappa shape index (κ1) is 20.6. The van der Waals surface area contributed by atoms with Gasteiger partial charge in [0.25, 0.3) is 0 Å². The minimum atomic E-state index is -3.90. The van der Waals surface area contributed by atoms with Gasteiger partial charge in [-0.05, 0) is 49.6 Å². The lowest BCUT2D eigenvalue weighted by Crippen LogP contribution is -2.43. The summed E-state index contributed by atoms with van der Waals surface area (Å²) in [6.45, 7) is 1.93. The number of nitrogens with one attached hydrogen (secondary N) is 1. The quantitative estimate of drug-likeness (QED) is 0.792.